The van der Waals surface area contributed by atoms with Crippen LogP contribution in [-0.4, -0.2) is 4.98 Å². The number of fused-ring (bicyclic) bond motifs is 1. The minimum atomic E-state index is 0. The van der Waals surface area contributed by atoms with Crippen molar-refractivity contribution in [3.63, 3.8) is 0 Å². The van der Waals surface area contributed by atoms with Gasteiger partial charge in [0.25, 0.3) is 0 Å². The van der Waals surface area contributed by atoms with E-state index in [4.69, 9.17) is 0 Å². The van der Waals surface area contributed by atoms with Crippen molar-refractivity contribution >= 4 is 6.08 Å². The minimum Gasteiger partial charge on any atom is -0.257 e. The van der Waals surface area contributed by atoms with Crippen molar-refractivity contribution in [2.24, 2.45) is 0 Å². The molecule has 1 heteroatoms. The second-order valence-electron chi connectivity index (χ2n) is 2.15. The summed E-state index contributed by atoms with van der Waals surface area (Å²) in [5, 5.41) is 0. The van der Waals surface area contributed by atoms with Gasteiger partial charge in [0.2, 0.25) is 0 Å². The minimum absolute atomic E-state index is 0. The van der Waals surface area contributed by atoms with Crippen LogP contribution in [0, 0.1) is 0 Å². The van der Waals surface area contributed by atoms with Gasteiger partial charge in [0.1, 0.15) is 0 Å². The number of allylic oxidation sites excluding steroid dienone is 1. The van der Waals surface area contributed by atoms with Crippen LogP contribution in [-0.2, 0) is 6.42 Å². The highest BCUT2D eigenvalue weighted by Crippen LogP contribution is 2.14. The van der Waals surface area contributed by atoms with E-state index in [-0.39, 0.29) is 1.43 Å². The molecule has 0 fully saturated rings. The monoisotopic (exact) mass is 119 g/mol. The van der Waals surface area contributed by atoms with Gasteiger partial charge in [-0.2, -0.15) is 0 Å². The molecular formula is C8H9N. The van der Waals surface area contributed by atoms with E-state index in [9.17, 15) is 0 Å². The lowest BCUT2D eigenvalue weighted by molar-refractivity contribution is 1.21. The lowest BCUT2D eigenvalue weighted by Gasteiger charge is -1.92. The highest BCUT2D eigenvalue weighted by atomic mass is 14.7. The predicted molar refractivity (Wildman–Crippen MR) is 39.1 cm³/mol. The molecule has 0 aliphatic heterocycles. The summed E-state index contributed by atoms with van der Waals surface area (Å²) in [6.45, 7) is 0. The Morgan fingerprint density at radius 3 is 3.44 bits per heavy atom. The summed E-state index contributed by atoms with van der Waals surface area (Å²) in [7, 11) is 0. The smallest absolute Gasteiger partial charge is 0.0661 e. The van der Waals surface area contributed by atoms with Crippen LogP contribution in [0.5, 0.6) is 0 Å². The van der Waals surface area contributed by atoms with E-state index in [0.29, 0.717) is 0 Å². The van der Waals surface area contributed by atoms with Crippen LogP contribution in [0.15, 0.2) is 24.4 Å². The zero-order chi connectivity index (χ0) is 6.10. The Morgan fingerprint density at radius 1 is 1.56 bits per heavy atom. The van der Waals surface area contributed by atoms with Crippen molar-refractivity contribution in [1.82, 2.24) is 4.98 Å². The first-order valence-electron chi connectivity index (χ1n) is 3.07. The summed E-state index contributed by atoms with van der Waals surface area (Å²) < 4.78 is 0. The highest BCUT2D eigenvalue weighted by Gasteiger charge is 2.01. The summed E-state index contributed by atoms with van der Waals surface area (Å²) in [5.74, 6) is 0. The predicted octanol–water partition coefficient (Wildman–Crippen LogP) is 1.90. The lowest BCUT2D eigenvalue weighted by Crippen LogP contribution is -1.82. The van der Waals surface area contributed by atoms with E-state index in [1.54, 1.807) is 0 Å². The van der Waals surface area contributed by atoms with Gasteiger partial charge in [0.15, 0.2) is 0 Å². The van der Waals surface area contributed by atoms with Crippen molar-refractivity contribution in [1.29, 1.82) is 0 Å². The van der Waals surface area contributed by atoms with Crippen LogP contribution in [0.2, 0.25) is 0 Å². The molecular weight excluding hydrogens is 110 g/mol. The largest absolute Gasteiger partial charge is 0.257 e. The molecule has 0 unspecified atom stereocenters. The first kappa shape index (κ1) is 4.74. The molecule has 1 aromatic rings. The molecule has 0 spiro atoms. The van der Waals surface area contributed by atoms with E-state index < -0.39 is 0 Å². The van der Waals surface area contributed by atoms with E-state index in [0.717, 1.165) is 12.1 Å². The van der Waals surface area contributed by atoms with Crippen molar-refractivity contribution in [2.45, 2.75) is 6.42 Å². The van der Waals surface area contributed by atoms with Crippen molar-refractivity contribution in [3.8, 4) is 0 Å². The molecule has 0 saturated carbocycles. The molecule has 1 aliphatic rings. The van der Waals surface area contributed by atoms with Gasteiger partial charge >= 0.3 is 0 Å². The van der Waals surface area contributed by atoms with E-state index in [1.165, 1.54) is 5.56 Å². The molecule has 0 bridgehead atoms. The number of aromatic nitrogens is 1. The molecule has 0 N–H and O–H groups in total. The molecule has 1 aromatic heterocycles. The Bertz CT molecular complexity index is 255. The van der Waals surface area contributed by atoms with Crippen LogP contribution in [0.3, 0.4) is 0 Å². The molecule has 2 rings (SSSR count). The number of nitrogens with zero attached hydrogens (tertiary/aromatic N) is 1. The zero-order valence-electron chi connectivity index (χ0n) is 5.04. The summed E-state index contributed by atoms with van der Waals surface area (Å²) in [5.41, 5.74) is 2.48. The third-order valence-corrected chi connectivity index (χ3v) is 1.54. The Hall–Kier alpha value is -1.11. The van der Waals surface area contributed by atoms with Crippen LogP contribution in [0.1, 0.15) is 12.7 Å². The molecule has 46 valence electrons. The van der Waals surface area contributed by atoms with Gasteiger partial charge in [0.05, 0.1) is 5.69 Å². The molecule has 0 saturated heterocycles. The summed E-state index contributed by atoms with van der Waals surface area (Å²) >= 11 is 0. The molecule has 0 aromatic carbocycles. The van der Waals surface area contributed by atoms with Crippen molar-refractivity contribution < 1.29 is 1.43 Å². The quantitative estimate of drug-likeness (QED) is 0.508. The highest BCUT2D eigenvalue weighted by molar-refractivity contribution is 5.55. The van der Waals surface area contributed by atoms with Gasteiger partial charge in [-0.05, 0) is 24.1 Å². The van der Waals surface area contributed by atoms with E-state index >= 15 is 0 Å². The average molecular weight is 119 g/mol. The number of pyridine rings is 1. The SMILES string of the molecule is C1=Cc2ncccc2C1.[HH]. The molecule has 1 heterocycles. The summed E-state index contributed by atoms with van der Waals surface area (Å²) in [6, 6.07) is 4.09. The van der Waals surface area contributed by atoms with Gasteiger partial charge in [-0.15, -0.1) is 0 Å². The van der Waals surface area contributed by atoms with Crippen LogP contribution >= 0.6 is 0 Å². The summed E-state index contributed by atoms with van der Waals surface area (Å²) in [6.07, 6.45) is 7.09. The van der Waals surface area contributed by atoms with Crippen molar-refractivity contribution in [2.75, 3.05) is 0 Å². The van der Waals surface area contributed by atoms with Crippen LogP contribution in [0.25, 0.3) is 6.08 Å². The Morgan fingerprint density at radius 2 is 2.56 bits per heavy atom. The fourth-order valence-electron chi connectivity index (χ4n) is 1.07. The zero-order valence-corrected chi connectivity index (χ0v) is 5.04. The fraction of sp³-hybridized carbons (Fsp3) is 0.125. The second-order valence-corrected chi connectivity index (χ2v) is 2.15. The molecule has 0 radical (unpaired) electrons. The van der Waals surface area contributed by atoms with Gasteiger partial charge in [0, 0.05) is 7.62 Å². The van der Waals surface area contributed by atoms with E-state index in [2.05, 4.69) is 23.2 Å². The molecule has 9 heavy (non-hydrogen) atoms. The maximum Gasteiger partial charge on any atom is 0.0661 e. The fourth-order valence-corrected chi connectivity index (χ4v) is 1.07. The lowest BCUT2D eigenvalue weighted by atomic mass is 10.2. The van der Waals surface area contributed by atoms with E-state index in [1.807, 2.05) is 12.3 Å². The third-order valence-electron chi connectivity index (χ3n) is 1.54. The number of rotatable bonds is 0. The number of hydrogen-bond donors (Lipinski definition) is 0. The standard InChI is InChI=1S/C8H7N.H2/c1-3-7-4-2-6-9-8(7)5-1;/h1-2,4-6H,3H2;1H. The molecule has 1 aliphatic carbocycles. The first-order valence-corrected chi connectivity index (χ1v) is 3.07. The molecule has 0 amide bonds. The average Bonchev–Trinajstić information content (AvgIpc) is 2.33. The Kier molecular flexibility index (Phi) is 0.890. The normalized spacial score (nSPS) is 13.8. The second kappa shape index (κ2) is 1.69. The maximum atomic E-state index is 4.17. The topological polar surface area (TPSA) is 12.9 Å². The Balaban J connectivity index is 0.000000500. The number of hydrogen-bond acceptors (Lipinski definition) is 1. The first-order chi connectivity index (χ1) is 4.47. The summed E-state index contributed by atoms with van der Waals surface area (Å²) in [4.78, 5) is 4.17. The van der Waals surface area contributed by atoms with Crippen molar-refractivity contribution in [3.05, 3.63) is 35.7 Å². The molecule has 1 nitrogen and oxygen atoms in total. The van der Waals surface area contributed by atoms with Crippen LogP contribution in [0.4, 0.5) is 0 Å². The Labute approximate surface area is 55.5 Å². The van der Waals surface area contributed by atoms with Gasteiger partial charge < -0.3 is 0 Å². The molecule has 0 atom stereocenters. The van der Waals surface area contributed by atoms with Crippen LogP contribution < -0.4 is 0 Å². The van der Waals surface area contributed by atoms with Gasteiger partial charge in [-0.1, -0.05) is 12.1 Å². The van der Waals surface area contributed by atoms with Gasteiger partial charge in [-0.25, -0.2) is 0 Å². The van der Waals surface area contributed by atoms with Gasteiger partial charge in [-0.3, -0.25) is 4.98 Å². The maximum absolute atomic E-state index is 4.17. The third kappa shape index (κ3) is 0.653.